The first kappa shape index (κ1) is 9.07. The van der Waals surface area contributed by atoms with Crippen molar-refractivity contribution in [3.8, 4) is 5.75 Å². The highest BCUT2D eigenvalue weighted by Gasteiger charge is 2.01. The molecule has 0 heterocycles. The van der Waals surface area contributed by atoms with Crippen LogP contribution in [0.3, 0.4) is 0 Å². The van der Waals surface area contributed by atoms with Crippen LogP contribution in [0.15, 0.2) is 36.4 Å². The fourth-order valence-corrected chi connectivity index (χ4v) is 1.52. The first-order chi connectivity index (χ1) is 6.90. The molecule has 71 valence electrons. The van der Waals surface area contributed by atoms with Crippen LogP contribution in [0.25, 0.3) is 5.57 Å². The van der Waals surface area contributed by atoms with Crippen molar-refractivity contribution >= 4 is 5.57 Å². The maximum atomic E-state index is 5.11. The molecule has 0 aromatic heterocycles. The molecule has 1 aromatic rings. The minimum Gasteiger partial charge on any atom is -0.497 e. The molecule has 0 fully saturated rings. The van der Waals surface area contributed by atoms with Gasteiger partial charge in [-0.05, 0) is 42.2 Å². The molecule has 0 spiro atoms. The molecule has 1 aromatic carbocycles. The van der Waals surface area contributed by atoms with Crippen LogP contribution in [0.5, 0.6) is 5.75 Å². The lowest BCUT2D eigenvalue weighted by Crippen LogP contribution is -1.87. The molecule has 0 saturated carbocycles. The highest BCUT2D eigenvalue weighted by molar-refractivity contribution is 5.71. The van der Waals surface area contributed by atoms with Gasteiger partial charge in [-0.15, -0.1) is 0 Å². The number of methoxy groups -OCH3 is 1. The van der Waals surface area contributed by atoms with Gasteiger partial charge in [0.25, 0.3) is 0 Å². The highest BCUT2D eigenvalue weighted by Crippen LogP contribution is 2.22. The summed E-state index contributed by atoms with van der Waals surface area (Å²) >= 11 is 0. The van der Waals surface area contributed by atoms with E-state index in [0.717, 1.165) is 18.6 Å². The van der Waals surface area contributed by atoms with Crippen molar-refractivity contribution < 1.29 is 4.74 Å². The van der Waals surface area contributed by atoms with Crippen LogP contribution in [0, 0.1) is 6.08 Å². The maximum absolute atomic E-state index is 5.11. The number of ether oxygens (including phenoxy) is 1. The fourth-order valence-electron chi connectivity index (χ4n) is 1.52. The Bertz CT molecular complexity index is 357. The summed E-state index contributed by atoms with van der Waals surface area (Å²) in [5.41, 5.74) is 2.40. The van der Waals surface area contributed by atoms with Crippen LogP contribution in [-0.2, 0) is 0 Å². The van der Waals surface area contributed by atoms with Gasteiger partial charge < -0.3 is 4.74 Å². The van der Waals surface area contributed by atoms with Crippen molar-refractivity contribution in [3.63, 3.8) is 0 Å². The lowest BCUT2D eigenvalue weighted by Gasteiger charge is -2.07. The molecule has 1 heteroatoms. The van der Waals surface area contributed by atoms with E-state index in [1.807, 2.05) is 12.1 Å². The van der Waals surface area contributed by atoms with Gasteiger partial charge in [0.15, 0.2) is 0 Å². The number of allylic oxidation sites excluding steroid dienone is 4. The summed E-state index contributed by atoms with van der Waals surface area (Å²) in [5.74, 6) is 0.897. The van der Waals surface area contributed by atoms with E-state index in [-0.39, 0.29) is 0 Å². The Labute approximate surface area is 84.7 Å². The second-order valence-corrected chi connectivity index (χ2v) is 3.27. The second kappa shape index (κ2) is 4.14. The van der Waals surface area contributed by atoms with Gasteiger partial charge in [0.1, 0.15) is 5.75 Å². The van der Waals surface area contributed by atoms with Crippen LogP contribution >= 0.6 is 0 Å². The molecular weight excluding hydrogens is 172 g/mol. The zero-order valence-electron chi connectivity index (χ0n) is 8.29. The van der Waals surface area contributed by atoms with Gasteiger partial charge in [-0.1, -0.05) is 24.3 Å². The number of hydrogen-bond donors (Lipinski definition) is 0. The molecule has 1 aliphatic carbocycles. The lowest BCUT2D eigenvalue weighted by molar-refractivity contribution is 0.415. The van der Waals surface area contributed by atoms with Gasteiger partial charge in [0, 0.05) is 0 Å². The monoisotopic (exact) mass is 185 g/mol. The van der Waals surface area contributed by atoms with Crippen LogP contribution in [0.1, 0.15) is 18.4 Å². The summed E-state index contributed by atoms with van der Waals surface area (Å²) in [5, 5.41) is 0. The van der Waals surface area contributed by atoms with Crippen LogP contribution in [-0.4, -0.2) is 7.11 Å². The van der Waals surface area contributed by atoms with Crippen molar-refractivity contribution in [2.75, 3.05) is 7.11 Å². The fraction of sp³-hybridized carbons (Fsp3) is 0.231. The Morgan fingerprint density at radius 3 is 2.50 bits per heavy atom. The summed E-state index contributed by atoms with van der Waals surface area (Å²) in [6.07, 6.45) is 9.82. The van der Waals surface area contributed by atoms with E-state index in [1.165, 1.54) is 11.1 Å². The second-order valence-electron chi connectivity index (χ2n) is 3.27. The first-order valence-corrected chi connectivity index (χ1v) is 4.83. The van der Waals surface area contributed by atoms with Crippen LogP contribution < -0.4 is 4.74 Å². The summed E-state index contributed by atoms with van der Waals surface area (Å²) < 4.78 is 5.11. The molecule has 0 aliphatic heterocycles. The highest BCUT2D eigenvalue weighted by atomic mass is 16.5. The normalized spacial score (nSPS) is 15.1. The number of benzene rings is 1. The summed E-state index contributed by atoms with van der Waals surface area (Å²) in [7, 11) is 1.68. The Hall–Kier alpha value is -1.50. The van der Waals surface area contributed by atoms with Crippen LogP contribution in [0.2, 0.25) is 0 Å². The molecule has 0 amide bonds. The number of rotatable bonds is 2. The van der Waals surface area contributed by atoms with Gasteiger partial charge in [-0.2, -0.15) is 0 Å². The average Bonchev–Trinajstić information content (AvgIpc) is 2.30. The molecule has 0 unspecified atom stereocenters. The molecule has 14 heavy (non-hydrogen) atoms. The van der Waals surface area contributed by atoms with Gasteiger partial charge in [-0.25, -0.2) is 0 Å². The van der Waals surface area contributed by atoms with E-state index in [4.69, 9.17) is 4.74 Å². The largest absolute Gasteiger partial charge is 0.497 e. The van der Waals surface area contributed by atoms with Crippen molar-refractivity contribution in [2.45, 2.75) is 12.8 Å². The van der Waals surface area contributed by atoms with E-state index in [0.29, 0.717) is 0 Å². The molecule has 0 bridgehead atoms. The maximum Gasteiger partial charge on any atom is 0.118 e. The quantitative estimate of drug-likeness (QED) is 0.687. The molecular formula is C13H13O. The molecule has 1 nitrogen and oxygen atoms in total. The Morgan fingerprint density at radius 1 is 1.14 bits per heavy atom. The molecule has 0 saturated heterocycles. The van der Waals surface area contributed by atoms with E-state index < -0.39 is 0 Å². The topological polar surface area (TPSA) is 9.23 Å². The zero-order valence-corrected chi connectivity index (χ0v) is 8.29. The minimum absolute atomic E-state index is 0.897. The smallest absolute Gasteiger partial charge is 0.118 e. The molecule has 0 N–H and O–H groups in total. The van der Waals surface area contributed by atoms with Gasteiger partial charge in [-0.3, -0.25) is 0 Å². The van der Waals surface area contributed by atoms with E-state index in [1.54, 1.807) is 7.11 Å². The van der Waals surface area contributed by atoms with E-state index >= 15 is 0 Å². The summed E-state index contributed by atoms with van der Waals surface area (Å²) in [6.45, 7) is 0. The van der Waals surface area contributed by atoms with Crippen molar-refractivity contribution in [1.29, 1.82) is 0 Å². The first-order valence-electron chi connectivity index (χ1n) is 4.83. The van der Waals surface area contributed by atoms with Crippen molar-refractivity contribution in [2.24, 2.45) is 0 Å². The molecule has 1 radical (unpaired) electrons. The Kier molecular flexibility index (Phi) is 2.68. The van der Waals surface area contributed by atoms with Gasteiger partial charge in [0.05, 0.1) is 7.11 Å². The zero-order chi connectivity index (χ0) is 9.80. The summed E-state index contributed by atoms with van der Waals surface area (Å²) in [4.78, 5) is 0. The average molecular weight is 185 g/mol. The van der Waals surface area contributed by atoms with E-state index in [9.17, 15) is 0 Å². The molecule has 1 aliphatic rings. The minimum atomic E-state index is 0.897. The van der Waals surface area contributed by atoms with Crippen LogP contribution in [0.4, 0.5) is 0 Å². The lowest BCUT2D eigenvalue weighted by atomic mass is 10.00. The van der Waals surface area contributed by atoms with Crippen molar-refractivity contribution in [1.82, 2.24) is 0 Å². The Balaban J connectivity index is 2.24. The molecule has 0 atom stereocenters. The van der Waals surface area contributed by atoms with Gasteiger partial charge in [0.2, 0.25) is 0 Å². The molecule has 2 rings (SSSR count). The third kappa shape index (κ3) is 1.87. The third-order valence-electron chi connectivity index (χ3n) is 2.32. The number of hydrogen-bond acceptors (Lipinski definition) is 1. The van der Waals surface area contributed by atoms with E-state index in [2.05, 4.69) is 30.4 Å². The SMILES string of the molecule is COc1ccc(C2=CCCC=[C]2)cc1. The van der Waals surface area contributed by atoms with Gasteiger partial charge >= 0.3 is 0 Å². The predicted molar refractivity (Wildman–Crippen MR) is 58.0 cm³/mol. The van der Waals surface area contributed by atoms with Crippen molar-refractivity contribution in [3.05, 3.63) is 48.1 Å². The Morgan fingerprint density at radius 2 is 1.93 bits per heavy atom. The standard InChI is InChI=1S/C13H13O/c1-14-13-9-7-12(8-10-13)11-5-3-2-4-6-11/h3,6-10H,2,4H2,1H3. The summed E-state index contributed by atoms with van der Waals surface area (Å²) in [6, 6.07) is 8.09. The predicted octanol–water partition coefficient (Wildman–Crippen LogP) is 3.23. The third-order valence-corrected chi connectivity index (χ3v) is 2.32.